The first-order valence-electron chi connectivity index (χ1n) is 5.52. The highest BCUT2D eigenvalue weighted by atomic mass is 32.2. The first kappa shape index (κ1) is 15.5. The molecule has 0 saturated carbocycles. The highest BCUT2D eigenvalue weighted by Gasteiger charge is 2.21. The summed E-state index contributed by atoms with van der Waals surface area (Å²) in [5, 5.41) is 18.3. The second-order valence-corrected chi connectivity index (χ2v) is 8.30. The molecule has 0 aliphatic carbocycles. The van der Waals surface area contributed by atoms with E-state index in [1.165, 1.54) is 24.3 Å². The molecule has 1 aromatic heterocycles. The molecule has 0 fully saturated rings. The molecule has 0 atom stereocenters. The lowest BCUT2D eigenvalue weighted by molar-refractivity contribution is 0.472. The van der Waals surface area contributed by atoms with Crippen LogP contribution in [0.2, 0.25) is 0 Å². The van der Waals surface area contributed by atoms with Crippen LogP contribution in [0.15, 0.2) is 39.4 Å². The van der Waals surface area contributed by atoms with Gasteiger partial charge in [0.15, 0.2) is 0 Å². The molecule has 0 aliphatic heterocycles. The Bertz CT molecular complexity index is 895. The zero-order valence-corrected chi connectivity index (χ0v) is 12.9. The van der Waals surface area contributed by atoms with Crippen LogP contribution in [-0.4, -0.2) is 21.9 Å². The summed E-state index contributed by atoms with van der Waals surface area (Å²) in [6, 6.07) is 7.97. The van der Waals surface area contributed by atoms with Gasteiger partial charge in [-0.2, -0.15) is 5.26 Å². The number of sulfone groups is 1. The molecule has 21 heavy (non-hydrogen) atoms. The summed E-state index contributed by atoms with van der Waals surface area (Å²) < 4.78 is 46.2. The van der Waals surface area contributed by atoms with Gasteiger partial charge >= 0.3 is 0 Å². The van der Waals surface area contributed by atoms with Gasteiger partial charge in [0, 0.05) is 0 Å². The minimum Gasteiger partial charge on any atom is -0.508 e. The Morgan fingerprint density at radius 1 is 1.24 bits per heavy atom. The highest BCUT2D eigenvalue weighted by molar-refractivity contribution is 7.93. The third kappa shape index (κ3) is 3.41. The number of rotatable bonds is 4. The molecule has 0 radical (unpaired) electrons. The van der Waals surface area contributed by atoms with Crippen LogP contribution in [0.25, 0.3) is 0 Å². The van der Waals surface area contributed by atoms with Crippen LogP contribution in [0, 0.1) is 11.3 Å². The minimum absolute atomic E-state index is 0.0397. The maximum atomic E-state index is 12.4. The van der Waals surface area contributed by atoms with Crippen LogP contribution < -0.4 is 0 Å². The first-order chi connectivity index (χ1) is 9.82. The van der Waals surface area contributed by atoms with Crippen molar-refractivity contribution < 1.29 is 21.9 Å². The topological polar surface area (TPSA) is 112 Å². The van der Waals surface area contributed by atoms with E-state index >= 15 is 0 Å². The number of benzene rings is 1. The Kier molecular flexibility index (Phi) is 4.32. The predicted octanol–water partition coefficient (Wildman–Crippen LogP) is 1.27. The fourth-order valence-electron chi connectivity index (χ4n) is 1.68. The summed E-state index contributed by atoms with van der Waals surface area (Å²) >= 11 is 0.810. The lowest BCUT2D eigenvalue weighted by Crippen LogP contribution is -2.01. The molecule has 0 saturated heterocycles. The number of nitrogens with zero attached hydrogens (tertiary/aromatic N) is 1. The van der Waals surface area contributed by atoms with Crippen molar-refractivity contribution in [2.45, 2.75) is 14.9 Å². The van der Waals surface area contributed by atoms with Gasteiger partial charge in [0.25, 0.3) is 0 Å². The number of hydrogen-bond donors (Lipinski definition) is 2. The Morgan fingerprint density at radius 3 is 2.52 bits per heavy atom. The Hall–Kier alpha value is -1.89. The third-order valence-electron chi connectivity index (χ3n) is 2.53. The van der Waals surface area contributed by atoms with Crippen LogP contribution in [0.5, 0.6) is 5.75 Å². The van der Waals surface area contributed by atoms with Gasteiger partial charge in [-0.1, -0.05) is 0 Å². The Labute approximate surface area is 126 Å². The number of thiol groups is 1. The van der Waals surface area contributed by atoms with Crippen molar-refractivity contribution in [1.82, 2.24) is 0 Å². The monoisotopic (exact) mass is 343 g/mol. The molecular formula is C12H9NO5S3. The van der Waals surface area contributed by atoms with Crippen molar-refractivity contribution in [2.75, 3.05) is 0 Å². The predicted molar refractivity (Wildman–Crippen MR) is 76.6 cm³/mol. The number of nitriles is 1. The minimum atomic E-state index is -3.90. The molecule has 6 nitrogen and oxygen atoms in total. The zero-order chi connectivity index (χ0) is 15.6. The molecule has 0 unspecified atom stereocenters. The normalized spacial score (nSPS) is 11.4. The highest BCUT2D eigenvalue weighted by Crippen LogP contribution is 2.30. The van der Waals surface area contributed by atoms with Gasteiger partial charge in [-0.3, -0.25) is 0 Å². The number of phenols is 1. The lowest BCUT2D eigenvalue weighted by atomic mass is 10.2. The summed E-state index contributed by atoms with van der Waals surface area (Å²) in [7, 11) is -6.64. The van der Waals surface area contributed by atoms with Gasteiger partial charge in [0.2, 0.25) is 9.84 Å². The van der Waals surface area contributed by atoms with Gasteiger partial charge in [-0.25, -0.2) is 16.8 Å². The van der Waals surface area contributed by atoms with E-state index in [1.54, 1.807) is 0 Å². The molecule has 0 bridgehead atoms. The summed E-state index contributed by atoms with van der Waals surface area (Å²) in [5.41, 5.74) is 0.182. The fourth-order valence-corrected chi connectivity index (χ4v) is 4.75. The van der Waals surface area contributed by atoms with Crippen molar-refractivity contribution in [3.63, 3.8) is 0 Å². The van der Waals surface area contributed by atoms with Crippen LogP contribution in [-0.2, 0) is 26.3 Å². The molecule has 2 rings (SSSR count). The zero-order valence-electron chi connectivity index (χ0n) is 10.4. The van der Waals surface area contributed by atoms with Crippen molar-refractivity contribution in [3.05, 3.63) is 40.8 Å². The second kappa shape index (κ2) is 5.85. The molecule has 9 heteroatoms. The Balaban J connectivity index is 2.54. The molecule has 110 valence electrons. The van der Waals surface area contributed by atoms with E-state index in [9.17, 15) is 21.9 Å². The molecule has 2 aromatic rings. The van der Waals surface area contributed by atoms with E-state index in [0.717, 1.165) is 17.4 Å². The number of phenolic OH excluding ortho intramolecular Hbond substituents is 1. The molecular weight excluding hydrogens is 334 g/mol. The van der Waals surface area contributed by atoms with Gasteiger partial charge in [-0.15, -0.1) is 11.3 Å². The van der Waals surface area contributed by atoms with Gasteiger partial charge in [0.1, 0.15) is 31.6 Å². The average molecular weight is 343 g/mol. The first-order valence-corrected chi connectivity index (χ1v) is 9.19. The molecule has 0 amide bonds. The summed E-state index contributed by atoms with van der Waals surface area (Å²) in [5.74, 6) is -0.694. The third-order valence-corrected chi connectivity index (χ3v) is 6.37. The number of aromatic hydroxyl groups is 1. The van der Waals surface area contributed by atoms with E-state index in [2.05, 4.69) is 0 Å². The van der Waals surface area contributed by atoms with E-state index in [0.29, 0.717) is 0 Å². The SMILES string of the molecule is N#Cc1ccc(S(=O)(=O)c2cc(O)cc(C[SH](=O)=O)c2)s1. The fraction of sp³-hybridized carbons (Fsp3) is 0.0833. The van der Waals surface area contributed by atoms with Crippen LogP contribution >= 0.6 is 11.3 Å². The molecule has 1 aromatic carbocycles. The van der Waals surface area contributed by atoms with E-state index in [4.69, 9.17) is 5.26 Å². The molecule has 0 spiro atoms. The van der Waals surface area contributed by atoms with E-state index in [-0.39, 0.29) is 31.0 Å². The largest absolute Gasteiger partial charge is 0.508 e. The van der Waals surface area contributed by atoms with E-state index < -0.39 is 20.5 Å². The number of hydrogen-bond acceptors (Lipinski definition) is 7. The van der Waals surface area contributed by atoms with Gasteiger partial charge < -0.3 is 5.11 Å². The molecule has 1 heterocycles. The lowest BCUT2D eigenvalue weighted by Gasteiger charge is -2.05. The molecule has 0 aliphatic rings. The van der Waals surface area contributed by atoms with Crippen LogP contribution in [0.1, 0.15) is 10.4 Å². The standard InChI is InChI=1S/C12H9NO5S3/c13-6-10-1-2-12(19-10)21(17,18)11-4-8(7-20(15)16)3-9(14)5-11/h1-5,14,20H,7H2. The van der Waals surface area contributed by atoms with Crippen molar-refractivity contribution in [1.29, 1.82) is 5.26 Å². The average Bonchev–Trinajstić information content (AvgIpc) is 2.86. The number of thiophene rings is 1. The summed E-state index contributed by atoms with van der Waals surface area (Å²) in [4.78, 5) is 0.0391. The summed E-state index contributed by atoms with van der Waals surface area (Å²) in [6.45, 7) is 0. The van der Waals surface area contributed by atoms with Crippen molar-refractivity contribution in [2.24, 2.45) is 0 Å². The van der Waals surface area contributed by atoms with Crippen LogP contribution in [0.3, 0.4) is 0 Å². The van der Waals surface area contributed by atoms with Crippen molar-refractivity contribution >= 4 is 31.9 Å². The van der Waals surface area contributed by atoms with Gasteiger partial charge in [0.05, 0.1) is 10.6 Å². The van der Waals surface area contributed by atoms with E-state index in [1.807, 2.05) is 6.07 Å². The quantitative estimate of drug-likeness (QED) is 0.809. The maximum absolute atomic E-state index is 12.4. The maximum Gasteiger partial charge on any atom is 0.216 e. The van der Waals surface area contributed by atoms with Gasteiger partial charge in [-0.05, 0) is 35.9 Å². The second-order valence-electron chi connectivity index (χ2n) is 4.06. The Morgan fingerprint density at radius 2 is 1.95 bits per heavy atom. The van der Waals surface area contributed by atoms with Crippen molar-refractivity contribution in [3.8, 4) is 11.8 Å². The van der Waals surface area contributed by atoms with Crippen LogP contribution in [0.4, 0.5) is 0 Å². The smallest absolute Gasteiger partial charge is 0.216 e. The molecule has 1 N–H and O–H groups in total. The summed E-state index contributed by atoms with van der Waals surface area (Å²) in [6.07, 6.45) is 0.